The fourth-order valence-electron chi connectivity index (χ4n) is 4.05. The molecule has 0 aromatic heterocycles. The molecule has 1 atom stereocenters. The van der Waals surface area contributed by atoms with Gasteiger partial charge in [-0.3, -0.25) is 5.21 Å². The third kappa shape index (κ3) is 9.47. The van der Waals surface area contributed by atoms with Crippen LogP contribution in [0.4, 0.5) is 20.6 Å². The molecule has 0 aliphatic rings. The molecule has 1 amide bonds. The second kappa shape index (κ2) is 13.3. The zero-order valence-corrected chi connectivity index (χ0v) is 26.7. The minimum atomic E-state index is -2.41. The van der Waals surface area contributed by atoms with E-state index in [4.69, 9.17) is 9.16 Å². The zero-order valence-electron chi connectivity index (χ0n) is 25.7. The van der Waals surface area contributed by atoms with Crippen LogP contribution in [0.2, 0.25) is 18.1 Å². The Labute approximate surface area is 240 Å². The zero-order chi connectivity index (χ0) is 30.5. The number of halogens is 1. The van der Waals surface area contributed by atoms with Crippen molar-refractivity contribution < 1.29 is 23.6 Å². The summed E-state index contributed by atoms with van der Waals surface area (Å²) in [5.74, 6) is -0.537. The normalized spacial score (nSPS) is 13.1. The van der Waals surface area contributed by atoms with E-state index >= 15 is 4.39 Å². The van der Waals surface area contributed by atoms with Crippen LogP contribution < -0.4 is 10.1 Å². The van der Waals surface area contributed by atoms with Gasteiger partial charge >= 0.3 is 6.09 Å². The summed E-state index contributed by atoms with van der Waals surface area (Å²) in [6.45, 7) is 16.7. The van der Waals surface area contributed by atoms with Crippen LogP contribution in [0.15, 0.2) is 42.5 Å². The maximum Gasteiger partial charge on any atom is 0.410 e. The van der Waals surface area contributed by atoms with Gasteiger partial charge in [0.2, 0.25) is 0 Å². The lowest BCUT2D eigenvalue weighted by Crippen LogP contribution is -2.42. The Morgan fingerprint density at radius 2 is 1.68 bits per heavy atom. The Morgan fingerprint density at radius 1 is 1.07 bits per heavy atom. The molecular weight excluding hydrogens is 529 g/mol. The van der Waals surface area contributed by atoms with Crippen molar-refractivity contribution in [2.45, 2.75) is 90.8 Å². The van der Waals surface area contributed by atoms with Gasteiger partial charge in [-0.05, 0) is 69.4 Å². The van der Waals surface area contributed by atoms with Crippen molar-refractivity contribution in [2.24, 2.45) is 0 Å². The van der Waals surface area contributed by atoms with E-state index in [2.05, 4.69) is 33.9 Å². The number of carbonyl (C=O) groups excluding carboxylic acids is 1. The van der Waals surface area contributed by atoms with E-state index in [1.54, 1.807) is 19.0 Å². The first-order valence-corrected chi connectivity index (χ1v) is 16.6. The predicted molar refractivity (Wildman–Crippen MR) is 162 cm³/mol. The quantitative estimate of drug-likeness (QED) is 0.215. The number of benzene rings is 2. The van der Waals surface area contributed by atoms with Crippen LogP contribution in [0.25, 0.3) is 0 Å². The SMILES string of the molecule is CN(CCCC(O[Si](C)(C)C(C)(C)C)c1cc(F)cc(N(C)Cc2ccccc2)c1N([O-])O)C(=O)OC(C)(C)C. The maximum absolute atomic E-state index is 15.2. The molecule has 2 aromatic carbocycles. The molecule has 40 heavy (non-hydrogen) atoms. The summed E-state index contributed by atoms with van der Waals surface area (Å²) in [7, 11) is 1.00. The Morgan fingerprint density at radius 3 is 2.20 bits per heavy atom. The summed E-state index contributed by atoms with van der Waals surface area (Å²) < 4.78 is 27.4. The van der Waals surface area contributed by atoms with Gasteiger partial charge in [-0.15, -0.1) is 0 Å². The van der Waals surface area contributed by atoms with Crippen molar-refractivity contribution in [3.63, 3.8) is 0 Å². The van der Waals surface area contributed by atoms with E-state index in [0.29, 0.717) is 25.9 Å². The molecule has 0 radical (unpaired) electrons. The highest BCUT2D eigenvalue weighted by molar-refractivity contribution is 6.74. The minimum absolute atomic E-state index is 0.0518. The molecule has 0 heterocycles. The van der Waals surface area contributed by atoms with Crippen LogP contribution in [-0.4, -0.2) is 50.8 Å². The number of nitrogens with zero attached hydrogens (tertiary/aromatic N) is 3. The second-order valence-corrected chi connectivity index (χ2v) is 17.6. The van der Waals surface area contributed by atoms with Crippen molar-refractivity contribution in [1.82, 2.24) is 4.90 Å². The Balaban J connectivity index is 2.47. The van der Waals surface area contributed by atoms with Gasteiger partial charge in [0.15, 0.2) is 8.32 Å². The Kier molecular flexibility index (Phi) is 11.2. The van der Waals surface area contributed by atoms with Crippen molar-refractivity contribution in [1.29, 1.82) is 0 Å². The van der Waals surface area contributed by atoms with Gasteiger partial charge in [0.05, 0.1) is 17.5 Å². The van der Waals surface area contributed by atoms with Gasteiger partial charge in [0.25, 0.3) is 0 Å². The average Bonchev–Trinajstić information content (AvgIpc) is 2.81. The molecule has 0 aliphatic carbocycles. The van der Waals surface area contributed by atoms with E-state index in [-0.39, 0.29) is 27.2 Å². The highest BCUT2D eigenvalue weighted by atomic mass is 28.4. The number of carbonyl (C=O) groups is 1. The van der Waals surface area contributed by atoms with E-state index in [9.17, 15) is 15.2 Å². The fraction of sp³-hybridized carbons (Fsp3) is 0.567. The van der Waals surface area contributed by atoms with Gasteiger partial charge in [-0.2, -0.15) is 0 Å². The van der Waals surface area contributed by atoms with Gasteiger partial charge in [-0.1, -0.05) is 51.1 Å². The third-order valence-corrected chi connectivity index (χ3v) is 11.7. The number of ether oxygens (including phenoxy) is 1. The van der Waals surface area contributed by atoms with E-state index in [1.807, 2.05) is 51.1 Å². The number of hydrogen-bond acceptors (Lipinski definition) is 7. The molecule has 224 valence electrons. The molecule has 2 aromatic rings. The van der Waals surface area contributed by atoms with Crippen molar-refractivity contribution in [3.8, 4) is 0 Å². The molecule has 8 nitrogen and oxygen atoms in total. The molecule has 0 spiro atoms. The van der Waals surface area contributed by atoms with Crippen molar-refractivity contribution in [3.05, 3.63) is 64.6 Å². The molecule has 1 N–H and O–H groups in total. The molecular formula is C30H47FN3O5Si-. The third-order valence-electron chi connectivity index (χ3n) is 7.20. The summed E-state index contributed by atoms with van der Waals surface area (Å²) in [6.07, 6.45) is -0.228. The van der Waals surface area contributed by atoms with Gasteiger partial charge in [-0.25, -0.2) is 9.18 Å². The molecule has 0 bridgehead atoms. The number of hydrogen-bond donors (Lipinski definition) is 1. The summed E-state index contributed by atoms with van der Waals surface area (Å²) in [5.41, 5.74) is 0.833. The fourth-order valence-corrected chi connectivity index (χ4v) is 5.36. The summed E-state index contributed by atoms with van der Waals surface area (Å²) in [4.78, 5) is 15.7. The van der Waals surface area contributed by atoms with Gasteiger partial charge in [0, 0.05) is 32.7 Å². The first kappa shape index (κ1) is 33.5. The molecule has 1 unspecified atom stereocenters. The topological polar surface area (TPSA) is 88.5 Å². The summed E-state index contributed by atoms with van der Waals surface area (Å²) in [6, 6.07) is 12.1. The van der Waals surface area contributed by atoms with Crippen molar-refractivity contribution in [2.75, 3.05) is 30.8 Å². The standard InChI is InChI=1S/C30H47FN3O5Si/c1-29(2,3)38-28(35)32(7)18-14-17-26(39-40(9,10)30(4,5)6)24-19-23(31)20-25(27(24)34(36)37)33(8)21-22-15-12-11-13-16-22/h11-13,15-16,19-20,26,36H,14,17-18,21H2,1-10H3/q-1. The predicted octanol–water partition coefficient (Wildman–Crippen LogP) is 7.87. The van der Waals surface area contributed by atoms with Gasteiger partial charge < -0.3 is 29.4 Å². The Bertz CT molecular complexity index is 1120. The smallest absolute Gasteiger partial charge is 0.410 e. The van der Waals surface area contributed by atoms with Gasteiger partial charge in [0.1, 0.15) is 11.4 Å². The number of rotatable bonds is 11. The molecule has 0 aliphatic heterocycles. The monoisotopic (exact) mass is 576 g/mol. The van der Waals surface area contributed by atoms with E-state index < -0.39 is 31.9 Å². The van der Waals surface area contributed by atoms with E-state index in [1.165, 1.54) is 17.0 Å². The first-order valence-electron chi connectivity index (χ1n) is 13.7. The van der Waals surface area contributed by atoms with Crippen LogP contribution in [-0.2, 0) is 15.7 Å². The summed E-state index contributed by atoms with van der Waals surface area (Å²) in [5, 5.41) is 22.6. The summed E-state index contributed by atoms with van der Waals surface area (Å²) >= 11 is 0. The number of amides is 1. The first-order chi connectivity index (χ1) is 18.3. The lowest BCUT2D eigenvalue weighted by Gasteiger charge is -2.41. The van der Waals surface area contributed by atoms with Crippen LogP contribution in [0.1, 0.15) is 71.6 Å². The number of anilines is 2. The molecule has 0 saturated carbocycles. The maximum atomic E-state index is 15.2. The molecule has 10 heteroatoms. The molecule has 0 saturated heterocycles. The van der Waals surface area contributed by atoms with Crippen molar-refractivity contribution >= 4 is 25.8 Å². The Hall–Kier alpha value is -2.66. The van der Waals surface area contributed by atoms with Crippen LogP contribution in [0, 0.1) is 11.0 Å². The lowest BCUT2D eigenvalue weighted by molar-refractivity contribution is 0.0290. The molecule has 0 fully saturated rings. The van der Waals surface area contributed by atoms with Crippen LogP contribution in [0.5, 0.6) is 0 Å². The van der Waals surface area contributed by atoms with E-state index in [0.717, 1.165) is 5.56 Å². The van der Waals surface area contributed by atoms with Crippen LogP contribution in [0.3, 0.4) is 0 Å². The highest BCUT2D eigenvalue weighted by Crippen LogP contribution is 2.45. The highest BCUT2D eigenvalue weighted by Gasteiger charge is 2.40. The second-order valence-electron chi connectivity index (χ2n) is 12.9. The van der Waals surface area contributed by atoms with Crippen LogP contribution >= 0.6 is 0 Å². The lowest BCUT2D eigenvalue weighted by atomic mass is 10.0. The molecule has 2 rings (SSSR count). The average molecular weight is 577 g/mol. The minimum Gasteiger partial charge on any atom is -0.733 e. The largest absolute Gasteiger partial charge is 0.733 e.